The third-order valence-corrected chi connectivity index (χ3v) is 4.54. The summed E-state index contributed by atoms with van der Waals surface area (Å²) in [4.78, 5) is 2.13. The molecule has 0 amide bonds. The Morgan fingerprint density at radius 1 is 0.967 bits per heavy atom. The van der Waals surface area contributed by atoms with Crippen molar-refractivity contribution in [2.45, 2.75) is 26.1 Å². The molecule has 1 atom stereocenters. The lowest BCUT2D eigenvalue weighted by molar-refractivity contribution is 0.0596. The number of hydrogen-bond acceptors (Lipinski definition) is 6. The van der Waals surface area contributed by atoms with Crippen molar-refractivity contribution in [1.29, 1.82) is 0 Å². The van der Waals surface area contributed by atoms with E-state index in [1.807, 2.05) is 61.5 Å². The summed E-state index contributed by atoms with van der Waals surface area (Å²) in [5, 5.41) is 10.6. The lowest BCUT2D eigenvalue weighted by Gasteiger charge is -2.25. The van der Waals surface area contributed by atoms with E-state index in [4.69, 9.17) is 18.6 Å². The maximum Gasteiger partial charge on any atom is 0.161 e. The van der Waals surface area contributed by atoms with E-state index >= 15 is 0 Å². The van der Waals surface area contributed by atoms with Gasteiger partial charge in [0.05, 0.1) is 26.5 Å². The molecule has 0 saturated carbocycles. The highest BCUT2D eigenvalue weighted by Crippen LogP contribution is 2.26. The van der Waals surface area contributed by atoms with Gasteiger partial charge in [0.15, 0.2) is 11.5 Å². The van der Waals surface area contributed by atoms with Gasteiger partial charge in [0.2, 0.25) is 0 Å². The fourth-order valence-electron chi connectivity index (χ4n) is 3.24. The van der Waals surface area contributed by atoms with Gasteiger partial charge in [-0.25, -0.2) is 0 Å². The first kappa shape index (κ1) is 21.7. The monoisotopic (exact) mass is 411 g/mol. The highest BCUT2D eigenvalue weighted by Gasteiger charge is 2.16. The number of nitrogens with zero attached hydrogens (tertiary/aromatic N) is 1. The van der Waals surface area contributed by atoms with Gasteiger partial charge in [-0.2, -0.15) is 0 Å². The van der Waals surface area contributed by atoms with Gasteiger partial charge in [-0.1, -0.05) is 24.3 Å². The molecular weight excluding hydrogens is 382 g/mol. The number of furan rings is 1. The van der Waals surface area contributed by atoms with Gasteiger partial charge in [0.25, 0.3) is 0 Å². The first-order valence-corrected chi connectivity index (χ1v) is 10.1. The molecule has 1 heterocycles. The standard InChI is InChI=1S/C24H29NO5/c1-3-28-21-9-6-8-19(14-21)15-25(17-22-10-7-13-29-22)16-20(26)18-30-24-12-5-4-11-23(24)27-2/h4-14,20,26H,3,15-18H2,1-2H3. The maximum absolute atomic E-state index is 10.6. The van der Waals surface area contributed by atoms with Gasteiger partial charge in [0, 0.05) is 13.1 Å². The van der Waals surface area contributed by atoms with Crippen molar-refractivity contribution >= 4 is 0 Å². The van der Waals surface area contributed by atoms with Crippen LogP contribution in [0, 0.1) is 0 Å². The normalized spacial score (nSPS) is 12.0. The van der Waals surface area contributed by atoms with Gasteiger partial charge < -0.3 is 23.7 Å². The van der Waals surface area contributed by atoms with Crippen molar-refractivity contribution < 1.29 is 23.7 Å². The summed E-state index contributed by atoms with van der Waals surface area (Å²) in [7, 11) is 1.60. The number of aliphatic hydroxyl groups is 1. The van der Waals surface area contributed by atoms with E-state index in [0.717, 1.165) is 17.1 Å². The minimum atomic E-state index is -0.681. The van der Waals surface area contributed by atoms with E-state index in [9.17, 15) is 5.11 Å². The topological polar surface area (TPSA) is 64.3 Å². The molecule has 6 nitrogen and oxygen atoms in total. The van der Waals surface area contributed by atoms with Crippen LogP contribution in [0.1, 0.15) is 18.2 Å². The Morgan fingerprint density at radius 2 is 1.80 bits per heavy atom. The van der Waals surface area contributed by atoms with Crippen molar-refractivity contribution in [3.63, 3.8) is 0 Å². The summed E-state index contributed by atoms with van der Waals surface area (Å²) in [5.74, 6) is 2.94. The molecule has 0 bridgehead atoms. The molecule has 2 aromatic carbocycles. The van der Waals surface area contributed by atoms with Crippen LogP contribution in [0.5, 0.6) is 17.2 Å². The third-order valence-electron chi connectivity index (χ3n) is 4.54. The number of para-hydroxylation sites is 2. The van der Waals surface area contributed by atoms with E-state index in [1.54, 1.807) is 13.4 Å². The predicted molar refractivity (Wildman–Crippen MR) is 115 cm³/mol. The number of hydrogen-bond donors (Lipinski definition) is 1. The first-order valence-electron chi connectivity index (χ1n) is 10.1. The van der Waals surface area contributed by atoms with Crippen LogP contribution in [0.4, 0.5) is 0 Å². The van der Waals surface area contributed by atoms with Crippen LogP contribution >= 0.6 is 0 Å². The van der Waals surface area contributed by atoms with Crippen LogP contribution in [-0.4, -0.2) is 43.0 Å². The van der Waals surface area contributed by atoms with Crippen LogP contribution in [0.25, 0.3) is 0 Å². The van der Waals surface area contributed by atoms with Crippen LogP contribution in [0.3, 0.4) is 0 Å². The quantitative estimate of drug-likeness (QED) is 0.484. The van der Waals surface area contributed by atoms with Crippen molar-refractivity contribution in [3.8, 4) is 17.2 Å². The zero-order chi connectivity index (χ0) is 21.2. The number of rotatable bonds is 12. The number of ether oxygens (including phenoxy) is 3. The highest BCUT2D eigenvalue weighted by molar-refractivity contribution is 5.39. The Morgan fingerprint density at radius 3 is 2.53 bits per heavy atom. The number of benzene rings is 2. The van der Waals surface area contributed by atoms with Crippen molar-refractivity contribution in [2.75, 3.05) is 26.9 Å². The molecule has 1 aromatic heterocycles. The molecule has 0 spiro atoms. The molecule has 30 heavy (non-hydrogen) atoms. The van der Waals surface area contributed by atoms with E-state index < -0.39 is 6.10 Å². The largest absolute Gasteiger partial charge is 0.494 e. The smallest absolute Gasteiger partial charge is 0.161 e. The molecule has 1 unspecified atom stereocenters. The Kier molecular flexibility index (Phi) is 8.18. The fraction of sp³-hybridized carbons (Fsp3) is 0.333. The Labute approximate surface area is 177 Å². The molecule has 6 heteroatoms. The van der Waals surface area contributed by atoms with Gasteiger partial charge in [0.1, 0.15) is 24.2 Å². The molecule has 3 aromatic rings. The SMILES string of the molecule is CCOc1cccc(CN(Cc2ccco2)CC(O)COc2ccccc2OC)c1. The molecule has 0 aliphatic carbocycles. The Hall–Kier alpha value is -2.96. The fourth-order valence-corrected chi connectivity index (χ4v) is 3.24. The van der Waals surface area contributed by atoms with E-state index in [2.05, 4.69) is 11.0 Å². The second-order valence-corrected chi connectivity index (χ2v) is 6.95. The van der Waals surface area contributed by atoms with Crippen molar-refractivity contribution in [1.82, 2.24) is 4.90 Å². The maximum atomic E-state index is 10.6. The van der Waals surface area contributed by atoms with Crippen molar-refractivity contribution in [3.05, 3.63) is 78.3 Å². The molecule has 160 valence electrons. The van der Waals surface area contributed by atoms with Gasteiger partial charge in [-0.15, -0.1) is 0 Å². The molecule has 3 rings (SSSR count). The zero-order valence-electron chi connectivity index (χ0n) is 17.5. The second kappa shape index (κ2) is 11.3. The molecule has 1 N–H and O–H groups in total. The summed E-state index contributed by atoms with van der Waals surface area (Å²) in [6.45, 7) is 4.40. The molecule has 0 radical (unpaired) electrons. The third kappa shape index (κ3) is 6.54. The van der Waals surface area contributed by atoms with Gasteiger partial charge in [-0.05, 0) is 48.9 Å². The van der Waals surface area contributed by atoms with Crippen LogP contribution < -0.4 is 14.2 Å². The molecular formula is C24H29NO5. The lowest BCUT2D eigenvalue weighted by atomic mass is 10.2. The average molecular weight is 411 g/mol. The highest BCUT2D eigenvalue weighted by atomic mass is 16.5. The number of methoxy groups -OCH3 is 1. The minimum Gasteiger partial charge on any atom is -0.494 e. The average Bonchev–Trinajstić information content (AvgIpc) is 3.26. The van der Waals surface area contributed by atoms with Crippen LogP contribution in [0.15, 0.2) is 71.3 Å². The molecule has 0 fully saturated rings. The summed E-state index contributed by atoms with van der Waals surface area (Å²) >= 11 is 0. The Bertz CT molecular complexity index is 881. The first-order chi connectivity index (χ1) is 14.7. The molecule has 0 saturated heterocycles. The van der Waals surface area contributed by atoms with Crippen LogP contribution in [-0.2, 0) is 13.1 Å². The predicted octanol–water partition coefficient (Wildman–Crippen LogP) is 4.13. The van der Waals surface area contributed by atoms with Gasteiger partial charge >= 0.3 is 0 Å². The summed E-state index contributed by atoms with van der Waals surface area (Å²) in [5.41, 5.74) is 1.10. The molecule has 0 aliphatic rings. The van der Waals surface area contributed by atoms with Crippen molar-refractivity contribution in [2.24, 2.45) is 0 Å². The Balaban J connectivity index is 1.63. The minimum absolute atomic E-state index is 0.161. The van der Waals surface area contributed by atoms with E-state index in [0.29, 0.717) is 37.7 Å². The second-order valence-electron chi connectivity index (χ2n) is 6.95. The van der Waals surface area contributed by atoms with Crippen LogP contribution in [0.2, 0.25) is 0 Å². The zero-order valence-corrected chi connectivity index (χ0v) is 17.5. The van der Waals surface area contributed by atoms with E-state index in [-0.39, 0.29) is 6.61 Å². The summed E-state index contributed by atoms with van der Waals surface area (Å²) in [6.07, 6.45) is 0.977. The summed E-state index contributed by atoms with van der Waals surface area (Å²) in [6, 6.07) is 19.2. The van der Waals surface area contributed by atoms with E-state index in [1.165, 1.54) is 0 Å². The summed E-state index contributed by atoms with van der Waals surface area (Å²) < 4.78 is 22.2. The van der Waals surface area contributed by atoms with Gasteiger partial charge in [-0.3, -0.25) is 4.90 Å². The molecule has 0 aliphatic heterocycles. The number of aliphatic hydroxyl groups excluding tert-OH is 1. The lowest BCUT2D eigenvalue weighted by Crippen LogP contribution is -2.35.